The Bertz CT molecular complexity index is 571. The van der Waals surface area contributed by atoms with Gasteiger partial charge in [0.2, 0.25) is 10.0 Å². The monoisotopic (exact) mass is 289 g/mol. The van der Waals surface area contributed by atoms with Crippen molar-refractivity contribution in [3.8, 4) is 0 Å². The molecule has 0 saturated carbocycles. The minimum Gasteiger partial charge on any atom is -0.480 e. The summed E-state index contributed by atoms with van der Waals surface area (Å²) in [5, 5.41) is 9.02. The number of carbonyl (C=O) groups is 1. The summed E-state index contributed by atoms with van der Waals surface area (Å²) in [5.41, 5.74) is 0. The van der Waals surface area contributed by atoms with Gasteiger partial charge in [-0.15, -0.1) is 0 Å². The summed E-state index contributed by atoms with van der Waals surface area (Å²) >= 11 is 0. The fraction of sp³-hybridized carbons (Fsp3) is 0.364. The van der Waals surface area contributed by atoms with Crippen LogP contribution >= 0.6 is 0 Å². The van der Waals surface area contributed by atoms with E-state index in [1.54, 1.807) is 0 Å². The van der Waals surface area contributed by atoms with Crippen molar-refractivity contribution in [3.05, 3.63) is 30.1 Å². The molecule has 1 aliphatic rings. The van der Waals surface area contributed by atoms with E-state index in [4.69, 9.17) is 9.84 Å². The van der Waals surface area contributed by atoms with Gasteiger partial charge in [0, 0.05) is 6.54 Å². The first-order valence-corrected chi connectivity index (χ1v) is 6.95. The van der Waals surface area contributed by atoms with Crippen LogP contribution in [0, 0.1) is 5.82 Å². The van der Waals surface area contributed by atoms with Crippen LogP contribution in [0.15, 0.2) is 29.2 Å². The second-order valence-electron chi connectivity index (χ2n) is 4.00. The van der Waals surface area contributed by atoms with Gasteiger partial charge in [-0.25, -0.2) is 12.8 Å². The van der Waals surface area contributed by atoms with Crippen LogP contribution in [-0.2, 0) is 19.6 Å². The number of hydrogen-bond acceptors (Lipinski definition) is 4. The Morgan fingerprint density at radius 1 is 1.37 bits per heavy atom. The lowest BCUT2D eigenvalue weighted by Gasteiger charge is -2.31. The molecule has 1 aromatic rings. The van der Waals surface area contributed by atoms with Crippen molar-refractivity contribution in [2.45, 2.75) is 10.9 Å². The lowest BCUT2D eigenvalue weighted by molar-refractivity contribution is -0.146. The maximum absolute atomic E-state index is 12.8. The second kappa shape index (κ2) is 5.24. The molecule has 0 spiro atoms. The molecular weight excluding hydrogens is 277 g/mol. The number of benzene rings is 1. The van der Waals surface area contributed by atoms with Gasteiger partial charge in [-0.2, -0.15) is 4.31 Å². The van der Waals surface area contributed by atoms with Crippen LogP contribution in [0.1, 0.15) is 0 Å². The normalized spacial score (nSPS) is 21.2. The molecule has 1 fully saturated rings. The van der Waals surface area contributed by atoms with Crippen molar-refractivity contribution in [3.63, 3.8) is 0 Å². The fourth-order valence-electron chi connectivity index (χ4n) is 1.81. The molecule has 19 heavy (non-hydrogen) atoms. The Balaban J connectivity index is 2.37. The molecule has 6 nitrogen and oxygen atoms in total. The maximum atomic E-state index is 12.8. The molecule has 1 N–H and O–H groups in total. The van der Waals surface area contributed by atoms with Gasteiger partial charge >= 0.3 is 5.97 Å². The van der Waals surface area contributed by atoms with E-state index in [9.17, 15) is 17.6 Å². The smallest absolute Gasteiger partial charge is 0.324 e. The molecule has 1 saturated heterocycles. The predicted octanol–water partition coefficient (Wildman–Crippen LogP) is 0.300. The van der Waals surface area contributed by atoms with Crippen molar-refractivity contribution in [2.75, 3.05) is 19.8 Å². The Morgan fingerprint density at radius 3 is 2.58 bits per heavy atom. The third-order valence-corrected chi connectivity index (χ3v) is 4.71. The lowest BCUT2D eigenvalue weighted by Crippen LogP contribution is -2.52. The molecule has 0 amide bonds. The number of morpholine rings is 1. The van der Waals surface area contributed by atoms with E-state index in [1.807, 2.05) is 0 Å². The highest BCUT2D eigenvalue weighted by Crippen LogP contribution is 2.21. The summed E-state index contributed by atoms with van der Waals surface area (Å²) in [7, 11) is -3.97. The summed E-state index contributed by atoms with van der Waals surface area (Å²) in [6, 6.07) is 2.99. The van der Waals surface area contributed by atoms with Gasteiger partial charge < -0.3 is 9.84 Å². The largest absolute Gasteiger partial charge is 0.480 e. The van der Waals surface area contributed by atoms with Crippen molar-refractivity contribution >= 4 is 16.0 Å². The average molecular weight is 289 g/mol. The molecule has 104 valence electrons. The van der Waals surface area contributed by atoms with Gasteiger partial charge in [-0.3, -0.25) is 4.79 Å². The molecule has 0 aliphatic carbocycles. The van der Waals surface area contributed by atoms with E-state index in [0.29, 0.717) is 0 Å². The number of nitrogens with zero attached hydrogens (tertiary/aromatic N) is 1. The fourth-order valence-corrected chi connectivity index (χ4v) is 3.36. The van der Waals surface area contributed by atoms with Crippen LogP contribution in [0.25, 0.3) is 0 Å². The number of carboxylic acids is 1. The van der Waals surface area contributed by atoms with E-state index in [-0.39, 0.29) is 24.7 Å². The Morgan fingerprint density at radius 2 is 2.00 bits per heavy atom. The molecule has 8 heteroatoms. The molecule has 0 aromatic heterocycles. The highest BCUT2D eigenvalue weighted by atomic mass is 32.2. The summed E-state index contributed by atoms with van der Waals surface area (Å²) < 4.78 is 43.2. The zero-order valence-electron chi connectivity index (χ0n) is 9.82. The lowest BCUT2D eigenvalue weighted by atomic mass is 10.3. The van der Waals surface area contributed by atoms with Gasteiger partial charge in [-0.1, -0.05) is 0 Å². The van der Waals surface area contributed by atoms with Crippen LogP contribution in [0.2, 0.25) is 0 Å². The third-order valence-electron chi connectivity index (χ3n) is 2.78. The molecule has 0 radical (unpaired) electrons. The quantitative estimate of drug-likeness (QED) is 0.865. The van der Waals surface area contributed by atoms with E-state index in [2.05, 4.69) is 0 Å². The number of ether oxygens (including phenoxy) is 1. The van der Waals surface area contributed by atoms with E-state index >= 15 is 0 Å². The van der Waals surface area contributed by atoms with Gasteiger partial charge in [0.15, 0.2) is 0 Å². The SMILES string of the molecule is O=C(O)C1COCCN1S(=O)(=O)c1ccc(F)cc1. The van der Waals surface area contributed by atoms with Gasteiger partial charge in [0.05, 0.1) is 18.1 Å². The number of sulfonamides is 1. The maximum Gasteiger partial charge on any atom is 0.324 e. The van der Waals surface area contributed by atoms with E-state index in [0.717, 1.165) is 28.6 Å². The summed E-state index contributed by atoms with van der Waals surface area (Å²) in [6.07, 6.45) is 0. The Labute approximate surface area is 109 Å². The van der Waals surface area contributed by atoms with Gasteiger partial charge in [-0.05, 0) is 24.3 Å². The summed E-state index contributed by atoms with van der Waals surface area (Å²) in [5.74, 6) is -1.83. The molecular formula is C11H12FNO5S. The van der Waals surface area contributed by atoms with Crippen LogP contribution in [0.5, 0.6) is 0 Å². The molecule has 2 rings (SSSR count). The van der Waals surface area contributed by atoms with Crippen LogP contribution in [0.3, 0.4) is 0 Å². The Kier molecular flexibility index (Phi) is 3.83. The predicted molar refractivity (Wildman–Crippen MR) is 62.5 cm³/mol. The standard InChI is InChI=1S/C11H12FNO5S/c12-8-1-3-9(4-2-8)19(16,17)13-5-6-18-7-10(13)11(14)15/h1-4,10H,5-7H2,(H,14,15). The third kappa shape index (κ3) is 2.75. The van der Waals surface area contributed by atoms with E-state index in [1.165, 1.54) is 0 Å². The molecule has 1 atom stereocenters. The summed E-state index contributed by atoms with van der Waals surface area (Å²) in [6.45, 7) is -0.114. The number of carboxylic acid groups (broad SMARTS) is 1. The van der Waals surface area contributed by atoms with Crippen molar-refractivity contribution in [2.24, 2.45) is 0 Å². The average Bonchev–Trinajstić information content (AvgIpc) is 2.39. The first-order valence-electron chi connectivity index (χ1n) is 5.51. The molecule has 1 heterocycles. The zero-order valence-corrected chi connectivity index (χ0v) is 10.6. The number of hydrogen-bond donors (Lipinski definition) is 1. The molecule has 0 bridgehead atoms. The number of rotatable bonds is 3. The summed E-state index contributed by atoms with van der Waals surface area (Å²) in [4.78, 5) is 10.9. The van der Waals surface area contributed by atoms with Crippen LogP contribution in [-0.4, -0.2) is 49.6 Å². The number of aliphatic carboxylic acids is 1. The molecule has 1 unspecified atom stereocenters. The van der Waals surface area contributed by atoms with Gasteiger partial charge in [0.1, 0.15) is 11.9 Å². The highest BCUT2D eigenvalue weighted by molar-refractivity contribution is 7.89. The van der Waals surface area contributed by atoms with E-state index < -0.39 is 27.9 Å². The van der Waals surface area contributed by atoms with Crippen molar-refractivity contribution in [1.29, 1.82) is 0 Å². The van der Waals surface area contributed by atoms with Crippen LogP contribution < -0.4 is 0 Å². The molecule has 1 aromatic carbocycles. The first kappa shape index (κ1) is 13.9. The van der Waals surface area contributed by atoms with Crippen molar-refractivity contribution in [1.82, 2.24) is 4.31 Å². The minimum absolute atomic E-state index is 0.0450. The van der Waals surface area contributed by atoms with Crippen molar-refractivity contribution < 1.29 is 27.4 Å². The second-order valence-corrected chi connectivity index (χ2v) is 5.89. The first-order chi connectivity index (χ1) is 8.93. The zero-order chi connectivity index (χ0) is 14.0. The topological polar surface area (TPSA) is 83.9 Å². The van der Waals surface area contributed by atoms with Gasteiger partial charge in [0.25, 0.3) is 0 Å². The highest BCUT2D eigenvalue weighted by Gasteiger charge is 2.38. The Hall–Kier alpha value is -1.51. The van der Waals surface area contributed by atoms with Crippen LogP contribution in [0.4, 0.5) is 4.39 Å². The number of halogens is 1. The minimum atomic E-state index is -3.97. The molecule has 1 aliphatic heterocycles.